The zero-order valence-corrected chi connectivity index (χ0v) is 32.1. The Bertz CT molecular complexity index is 2600. The number of rotatable bonds is 9. The molecule has 0 aliphatic rings. The van der Waals surface area contributed by atoms with Gasteiger partial charge in [0, 0.05) is 65.4 Å². The first-order valence-electron chi connectivity index (χ1n) is 18.8. The molecule has 0 bridgehead atoms. The molecule has 0 fully saturated rings. The average molecular weight is 753 g/mol. The Hall–Kier alpha value is -6.72. The van der Waals surface area contributed by atoms with Gasteiger partial charge in [-0.3, -0.25) is 0 Å². The first-order valence-corrected chi connectivity index (χ1v) is 20.5. The fraction of sp³-hybridized carbons (Fsp3) is 0. The Kier molecular flexibility index (Phi) is 8.96. The standard InChI is InChI=1S/C52H36N2S2/c1-5-17-39(18-6-1)53(40-19-7-2-8-20-40)43-33-29-37(30-34-43)49-45-25-13-15-27-47(45)55-51(49)52-50(46-26-14-16-28-48(46)56-52)38-31-35-44(36-32-38)54(41-21-9-3-10-22-41)42-23-11-4-12-24-42/h1-36H. The molecule has 0 aliphatic carbocycles. The summed E-state index contributed by atoms with van der Waals surface area (Å²) in [6.45, 7) is 0. The minimum atomic E-state index is 1.12. The third kappa shape index (κ3) is 6.25. The lowest BCUT2D eigenvalue weighted by atomic mass is 9.96. The Morgan fingerprint density at radius 3 is 0.839 bits per heavy atom. The van der Waals surface area contributed by atoms with Gasteiger partial charge in [-0.25, -0.2) is 0 Å². The second-order valence-corrected chi connectivity index (χ2v) is 15.8. The molecule has 56 heavy (non-hydrogen) atoms. The van der Waals surface area contributed by atoms with Gasteiger partial charge in [0.25, 0.3) is 0 Å². The fourth-order valence-electron chi connectivity index (χ4n) is 7.74. The largest absolute Gasteiger partial charge is 0.311 e. The summed E-state index contributed by atoms with van der Waals surface area (Å²) in [6.07, 6.45) is 0. The van der Waals surface area contributed by atoms with Gasteiger partial charge in [-0.1, -0.05) is 133 Å². The van der Waals surface area contributed by atoms with E-state index in [9.17, 15) is 0 Å². The zero-order chi connectivity index (χ0) is 37.3. The first kappa shape index (κ1) is 33.8. The summed E-state index contributed by atoms with van der Waals surface area (Å²) in [5.41, 5.74) is 11.7. The number of anilines is 6. The normalized spacial score (nSPS) is 11.2. The number of para-hydroxylation sites is 4. The molecule has 0 saturated heterocycles. The quantitative estimate of drug-likeness (QED) is 0.145. The minimum Gasteiger partial charge on any atom is -0.311 e. The van der Waals surface area contributed by atoms with E-state index in [-0.39, 0.29) is 0 Å². The van der Waals surface area contributed by atoms with Gasteiger partial charge in [0.2, 0.25) is 0 Å². The molecule has 4 heteroatoms. The van der Waals surface area contributed by atoms with Crippen molar-refractivity contribution in [2.45, 2.75) is 0 Å². The van der Waals surface area contributed by atoms with E-state index in [0.29, 0.717) is 0 Å². The fourth-order valence-corrected chi connectivity index (χ4v) is 10.3. The molecule has 2 aromatic heterocycles. The highest BCUT2D eigenvalue weighted by Crippen LogP contribution is 2.53. The monoisotopic (exact) mass is 752 g/mol. The molecule has 2 heterocycles. The molecule has 10 rings (SSSR count). The van der Waals surface area contributed by atoms with Crippen LogP contribution in [-0.4, -0.2) is 0 Å². The maximum Gasteiger partial charge on any atom is 0.0540 e. The van der Waals surface area contributed by atoms with Gasteiger partial charge in [-0.05, 0) is 96.1 Å². The zero-order valence-electron chi connectivity index (χ0n) is 30.5. The van der Waals surface area contributed by atoms with E-state index in [1.807, 2.05) is 22.7 Å². The van der Waals surface area contributed by atoms with E-state index in [4.69, 9.17) is 0 Å². The molecule has 0 amide bonds. The van der Waals surface area contributed by atoms with Gasteiger partial charge in [-0.2, -0.15) is 0 Å². The highest BCUT2D eigenvalue weighted by Gasteiger charge is 2.24. The van der Waals surface area contributed by atoms with E-state index >= 15 is 0 Å². The van der Waals surface area contributed by atoms with Gasteiger partial charge in [0.15, 0.2) is 0 Å². The molecule has 10 aromatic rings. The summed E-state index contributed by atoms with van der Waals surface area (Å²) in [5.74, 6) is 0. The van der Waals surface area contributed by atoms with Gasteiger partial charge in [0.1, 0.15) is 0 Å². The molecule has 266 valence electrons. The maximum absolute atomic E-state index is 2.32. The number of nitrogens with zero attached hydrogens (tertiary/aromatic N) is 2. The lowest BCUT2D eigenvalue weighted by molar-refractivity contribution is 1.28. The first-order chi connectivity index (χ1) is 27.8. The van der Waals surface area contributed by atoms with Gasteiger partial charge in [0.05, 0.1) is 9.75 Å². The van der Waals surface area contributed by atoms with E-state index in [1.165, 1.54) is 52.2 Å². The second kappa shape index (κ2) is 14.8. The predicted molar refractivity (Wildman–Crippen MR) is 243 cm³/mol. The van der Waals surface area contributed by atoms with Crippen molar-refractivity contribution in [1.82, 2.24) is 0 Å². The number of thiophene rings is 2. The topological polar surface area (TPSA) is 6.48 Å². The Balaban J connectivity index is 1.10. The summed E-state index contributed by atoms with van der Waals surface area (Å²) in [4.78, 5) is 7.25. The number of benzene rings is 8. The number of fused-ring (bicyclic) bond motifs is 2. The smallest absolute Gasteiger partial charge is 0.0540 e. The van der Waals surface area contributed by atoms with Crippen LogP contribution >= 0.6 is 22.7 Å². The maximum atomic E-state index is 2.32. The van der Waals surface area contributed by atoms with Crippen LogP contribution in [-0.2, 0) is 0 Å². The van der Waals surface area contributed by atoms with Crippen molar-refractivity contribution in [3.8, 4) is 32.0 Å². The van der Waals surface area contributed by atoms with Crippen LogP contribution < -0.4 is 9.80 Å². The lowest BCUT2D eigenvalue weighted by Gasteiger charge is -2.25. The van der Waals surface area contributed by atoms with Crippen molar-refractivity contribution in [1.29, 1.82) is 0 Å². The van der Waals surface area contributed by atoms with Crippen LogP contribution in [0.2, 0.25) is 0 Å². The number of hydrogen-bond acceptors (Lipinski definition) is 4. The van der Waals surface area contributed by atoms with Gasteiger partial charge < -0.3 is 9.80 Å². The SMILES string of the molecule is c1ccc(N(c2ccccc2)c2ccc(-c3c(-c4sc5ccccc5c4-c4ccc(N(c5ccccc5)c5ccccc5)cc4)sc4ccccc34)cc2)cc1. The summed E-state index contributed by atoms with van der Waals surface area (Å²) in [7, 11) is 0. The van der Waals surface area contributed by atoms with Gasteiger partial charge >= 0.3 is 0 Å². The van der Waals surface area contributed by atoms with Crippen LogP contribution in [0, 0.1) is 0 Å². The van der Waals surface area contributed by atoms with Gasteiger partial charge in [-0.15, -0.1) is 22.7 Å². The molecule has 2 nitrogen and oxygen atoms in total. The molecule has 0 spiro atoms. The van der Waals surface area contributed by atoms with Crippen LogP contribution in [0.1, 0.15) is 0 Å². The van der Waals surface area contributed by atoms with Crippen molar-refractivity contribution >= 4 is 77.0 Å². The molecule has 0 radical (unpaired) electrons. The number of hydrogen-bond donors (Lipinski definition) is 0. The van der Waals surface area contributed by atoms with Crippen molar-refractivity contribution in [3.05, 3.63) is 218 Å². The van der Waals surface area contributed by atoms with E-state index in [2.05, 4.69) is 228 Å². The molecule has 0 saturated carbocycles. The predicted octanol–water partition coefficient (Wildman–Crippen LogP) is 16.1. The van der Waals surface area contributed by atoms with Crippen molar-refractivity contribution in [2.24, 2.45) is 0 Å². The Labute approximate surface area is 335 Å². The third-order valence-electron chi connectivity index (χ3n) is 10.3. The summed E-state index contributed by atoms with van der Waals surface area (Å²) < 4.78 is 2.58. The molecule has 0 atom stereocenters. The highest BCUT2D eigenvalue weighted by molar-refractivity contribution is 7.29. The lowest BCUT2D eigenvalue weighted by Crippen LogP contribution is -2.09. The van der Waals surface area contributed by atoms with Crippen molar-refractivity contribution < 1.29 is 0 Å². The van der Waals surface area contributed by atoms with Crippen molar-refractivity contribution in [3.63, 3.8) is 0 Å². The molecule has 0 N–H and O–H groups in total. The van der Waals surface area contributed by atoms with E-state index < -0.39 is 0 Å². The van der Waals surface area contributed by atoms with Crippen LogP contribution in [0.4, 0.5) is 34.1 Å². The molecular formula is C52H36N2S2. The van der Waals surface area contributed by atoms with Crippen LogP contribution in [0.5, 0.6) is 0 Å². The summed E-state index contributed by atoms with van der Waals surface area (Å²) in [5, 5.41) is 2.56. The molecule has 0 aliphatic heterocycles. The summed E-state index contributed by atoms with van der Waals surface area (Å²) >= 11 is 3.79. The van der Waals surface area contributed by atoms with Crippen LogP contribution in [0.25, 0.3) is 52.2 Å². The van der Waals surface area contributed by atoms with Crippen LogP contribution in [0.15, 0.2) is 218 Å². The molecule has 0 unspecified atom stereocenters. The van der Waals surface area contributed by atoms with Crippen molar-refractivity contribution in [2.75, 3.05) is 9.80 Å². The average Bonchev–Trinajstić information content (AvgIpc) is 3.85. The second-order valence-electron chi connectivity index (χ2n) is 13.7. The van der Waals surface area contributed by atoms with E-state index in [0.717, 1.165) is 34.1 Å². The Morgan fingerprint density at radius 1 is 0.250 bits per heavy atom. The minimum absolute atomic E-state index is 1.12. The van der Waals surface area contributed by atoms with E-state index in [1.54, 1.807) is 0 Å². The third-order valence-corrected chi connectivity index (χ3v) is 12.8. The Morgan fingerprint density at radius 2 is 0.518 bits per heavy atom. The summed E-state index contributed by atoms with van der Waals surface area (Å²) in [6, 6.07) is 78.4. The molecular weight excluding hydrogens is 717 g/mol. The molecule has 8 aromatic carbocycles. The van der Waals surface area contributed by atoms with Crippen LogP contribution in [0.3, 0.4) is 0 Å². The highest BCUT2D eigenvalue weighted by atomic mass is 32.1.